The van der Waals surface area contributed by atoms with Crippen LogP contribution in [0.2, 0.25) is 5.02 Å². The summed E-state index contributed by atoms with van der Waals surface area (Å²) in [6.45, 7) is 1.88. The first kappa shape index (κ1) is 10.7. The third-order valence-electron chi connectivity index (χ3n) is 1.72. The summed E-state index contributed by atoms with van der Waals surface area (Å²) >= 11 is 5.91. The summed E-state index contributed by atoms with van der Waals surface area (Å²) in [5, 5.41) is 0.484. The molecule has 0 amide bonds. The Morgan fingerprint density at radius 3 is 2.57 bits per heavy atom. The summed E-state index contributed by atoms with van der Waals surface area (Å²) in [5.74, 6) is 0.619. The maximum absolute atomic E-state index is 5.91. The Morgan fingerprint density at radius 1 is 1.43 bits per heavy atom. The Kier molecular flexibility index (Phi) is 3.19. The van der Waals surface area contributed by atoms with Crippen LogP contribution in [0.15, 0.2) is 17.1 Å². The van der Waals surface area contributed by atoms with Gasteiger partial charge < -0.3 is 16.2 Å². The molecule has 0 radical (unpaired) electrons. The van der Waals surface area contributed by atoms with Gasteiger partial charge in [-0.05, 0) is 24.6 Å². The number of nitrogens with zero attached hydrogens (tertiary/aromatic N) is 1. The highest BCUT2D eigenvalue weighted by atomic mass is 35.5. The number of aliphatic imine (C=N–C) groups is 1. The van der Waals surface area contributed by atoms with Gasteiger partial charge in [-0.1, -0.05) is 11.6 Å². The molecule has 0 aromatic heterocycles. The molecule has 14 heavy (non-hydrogen) atoms. The Balaban J connectivity index is 3.22. The molecular weight excluding hydrogens is 202 g/mol. The lowest BCUT2D eigenvalue weighted by molar-refractivity contribution is 0.415. The van der Waals surface area contributed by atoms with Crippen LogP contribution in [0.4, 0.5) is 5.69 Å². The fourth-order valence-corrected chi connectivity index (χ4v) is 1.30. The maximum atomic E-state index is 5.91. The van der Waals surface area contributed by atoms with E-state index < -0.39 is 0 Å². The average Bonchev–Trinajstić information content (AvgIpc) is 2.10. The Hall–Kier alpha value is -1.42. The van der Waals surface area contributed by atoms with Crippen molar-refractivity contribution in [3.63, 3.8) is 0 Å². The van der Waals surface area contributed by atoms with E-state index in [1.807, 2.05) is 6.92 Å². The van der Waals surface area contributed by atoms with Crippen LogP contribution < -0.4 is 16.2 Å². The predicted octanol–water partition coefficient (Wildman–Crippen LogP) is 1.56. The number of guanidine groups is 1. The number of hydrogen-bond acceptors (Lipinski definition) is 2. The summed E-state index contributed by atoms with van der Waals surface area (Å²) in [4.78, 5) is 3.93. The minimum Gasteiger partial charge on any atom is -0.495 e. The molecule has 0 spiro atoms. The number of ether oxygens (including phenoxy) is 1. The van der Waals surface area contributed by atoms with Gasteiger partial charge in [0.25, 0.3) is 0 Å². The van der Waals surface area contributed by atoms with Gasteiger partial charge in [0.15, 0.2) is 5.96 Å². The van der Waals surface area contributed by atoms with E-state index >= 15 is 0 Å². The van der Waals surface area contributed by atoms with Crippen molar-refractivity contribution in [1.82, 2.24) is 0 Å². The van der Waals surface area contributed by atoms with E-state index in [0.717, 1.165) is 5.56 Å². The fourth-order valence-electron chi connectivity index (χ4n) is 1.06. The Bertz CT molecular complexity index is 373. The van der Waals surface area contributed by atoms with E-state index in [1.54, 1.807) is 19.2 Å². The molecule has 0 aliphatic heterocycles. The molecule has 4 nitrogen and oxygen atoms in total. The third-order valence-corrected chi connectivity index (χ3v) is 2.02. The van der Waals surface area contributed by atoms with E-state index in [2.05, 4.69) is 4.99 Å². The van der Waals surface area contributed by atoms with Crippen molar-refractivity contribution in [2.45, 2.75) is 6.92 Å². The molecule has 0 saturated heterocycles. The number of rotatable bonds is 2. The maximum Gasteiger partial charge on any atom is 0.191 e. The molecule has 0 heterocycles. The summed E-state index contributed by atoms with van der Waals surface area (Å²) < 4.78 is 5.04. The number of methoxy groups -OCH3 is 1. The molecular formula is C9H12ClN3O. The van der Waals surface area contributed by atoms with Crippen LogP contribution >= 0.6 is 11.6 Å². The smallest absolute Gasteiger partial charge is 0.191 e. The lowest BCUT2D eigenvalue weighted by Crippen LogP contribution is -2.22. The van der Waals surface area contributed by atoms with E-state index in [-0.39, 0.29) is 5.96 Å². The van der Waals surface area contributed by atoms with E-state index in [9.17, 15) is 0 Å². The molecule has 76 valence electrons. The molecule has 0 aliphatic rings. The molecule has 1 aromatic carbocycles. The van der Waals surface area contributed by atoms with E-state index in [0.29, 0.717) is 16.5 Å². The van der Waals surface area contributed by atoms with Crippen molar-refractivity contribution >= 4 is 23.2 Å². The van der Waals surface area contributed by atoms with Gasteiger partial charge in [-0.2, -0.15) is 0 Å². The van der Waals surface area contributed by atoms with Gasteiger partial charge in [0.2, 0.25) is 0 Å². The third kappa shape index (κ3) is 2.29. The molecule has 1 rings (SSSR count). The summed E-state index contributed by atoms with van der Waals surface area (Å²) in [6, 6.07) is 3.44. The highest BCUT2D eigenvalue weighted by Gasteiger charge is 2.05. The lowest BCUT2D eigenvalue weighted by Gasteiger charge is -2.06. The Labute approximate surface area is 87.5 Å². The standard InChI is InChI=1S/C9H12ClN3O/c1-5-3-8(14-2)6(10)4-7(5)13-9(11)12/h3-4H,1-2H3,(H4,11,12,13). The average molecular weight is 214 g/mol. The van der Waals surface area contributed by atoms with Gasteiger partial charge in [0.05, 0.1) is 17.8 Å². The molecule has 5 heteroatoms. The van der Waals surface area contributed by atoms with Gasteiger partial charge in [-0.25, -0.2) is 4.99 Å². The van der Waals surface area contributed by atoms with Gasteiger partial charge in [0, 0.05) is 0 Å². The minimum absolute atomic E-state index is 0.00864. The number of hydrogen-bond donors (Lipinski definition) is 2. The molecule has 4 N–H and O–H groups in total. The van der Waals surface area contributed by atoms with Crippen LogP contribution in [0.1, 0.15) is 5.56 Å². The molecule has 0 atom stereocenters. The summed E-state index contributed by atoms with van der Waals surface area (Å²) in [5.41, 5.74) is 12.1. The topological polar surface area (TPSA) is 73.6 Å². The normalized spacial score (nSPS) is 9.64. The van der Waals surface area contributed by atoms with Crippen LogP contribution in [-0.2, 0) is 0 Å². The number of halogens is 1. The zero-order chi connectivity index (χ0) is 10.7. The van der Waals surface area contributed by atoms with Crippen LogP contribution in [0.3, 0.4) is 0 Å². The van der Waals surface area contributed by atoms with Crippen molar-refractivity contribution in [3.8, 4) is 5.75 Å². The highest BCUT2D eigenvalue weighted by molar-refractivity contribution is 6.32. The molecule has 0 bridgehead atoms. The van der Waals surface area contributed by atoms with Crippen molar-refractivity contribution < 1.29 is 4.74 Å². The van der Waals surface area contributed by atoms with Crippen LogP contribution in [0.25, 0.3) is 0 Å². The second kappa shape index (κ2) is 4.19. The summed E-state index contributed by atoms with van der Waals surface area (Å²) in [7, 11) is 1.56. The zero-order valence-electron chi connectivity index (χ0n) is 8.04. The number of nitrogens with two attached hydrogens (primary N) is 2. The number of aryl methyl sites for hydroxylation is 1. The predicted molar refractivity (Wildman–Crippen MR) is 58.2 cm³/mol. The van der Waals surface area contributed by atoms with Gasteiger partial charge in [-0.15, -0.1) is 0 Å². The Morgan fingerprint density at radius 2 is 2.07 bits per heavy atom. The zero-order valence-corrected chi connectivity index (χ0v) is 8.80. The molecule has 0 aliphatic carbocycles. The largest absolute Gasteiger partial charge is 0.495 e. The second-order valence-electron chi connectivity index (χ2n) is 2.81. The molecule has 0 saturated carbocycles. The van der Waals surface area contributed by atoms with E-state index in [4.69, 9.17) is 27.8 Å². The van der Waals surface area contributed by atoms with Crippen molar-refractivity contribution in [3.05, 3.63) is 22.7 Å². The van der Waals surface area contributed by atoms with E-state index in [1.165, 1.54) is 0 Å². The fraction of sp³-hybridized carbons (Fsp3) is 0.222. The lowest BCUT2D eigenvalue weighted by atomic mass is 10.2. The molecule has 0 unspecified atom stereocenters. The van der Waals surface area contributed by atoms with Crippen LogP contribution in [-0.4, -0.2) is 13.1 Å². The molecule has 1 aromatic rings. The van der Waals surface area contributed by atoms with Crippen molar-refractivity contribution in [2.75, 3.05) is 7.11 Å². The summed E-state index contributed by atoms with van der Waals surface area (Å²) in [6.07, 6.45) is 0. The van der Waals surface area contributed by atoms with Crippen LogP contribution in [0.5, 0.6) is 5.75 Å². The van der Waals surface area contributed by atoms with Gasteiger partial charge in [0.1, 0.15) is 5.75 Å². The highest BCUT2D eigenvalue weighted by Crippen LogP contribution is 2.31. The monoisotopic (exact) mass is 213 g/mol. The quantitative estimate of drug-likeness (QED) is 0.579. The first-order chi connectivity index (χ1) is 6.54. The SMILES string of the molecule is COc1cc(C)c(N=C(N)N)cc1Cl. The second-order valence-corrected chi connectivity index (χ2v) is 3.22. The first-order valence-corrected chi connectivity index (χ1v) is 4.36. The van der Waals surface area contributed by atoms with Gasteiger partial charge >= 0.3 is 0 Å². The number of benzene rings is 1. The van der Waals surface area contributed by atoms with Crippen LogP contribution in [0, 0.1) is 6.92 Å². The molecule has 0 fully saturated rings. The van der Waals surface area contributed by atoms with Crippen molar-refractivity contribution in [2.24, 2.45) is 16.5 Å². The minimum atomic E-state index is 0.00864. The van der Waals surface area contributed by atoms with Crippen molar-refractivity contribution in [1.29, 1.82) is 0 Å². The van der Waals surface area contributed by atoms with Gasteiger partial charge in [-0.3, -0.25) is 0 Å². The first-order valence-electron chi connectivity index (χ1n) is 3.98.